The van der Waals surface area contributed by atoms with Gasteiger partial charge in [-0.05, 0) is 38.3 Å². The van der Waals surface area contributed by atoms with Gasteiger partial charge in [0.15, 0.2) is 0 Å². The maximum Gasteiger partial charge on any atom is 0.147 e. The van der Waals surface area contributed by atoms with Gasteiger partial charge in [0.05, 0.1) is 11.6 Å². The summed E-state index contributed by atoms with van der Waals surface area (Å²) in [6, 6.07) is 6.77. The van der Waals surface area contributed by atoms with Crippen LogP contribution in [0.1, 0.15) is 39.1 Å². The standard InChI is InChI=1S/C16H21ClN2O/c1-10(2)20-14-6-4-5-12-16(14)18-15(7-8-17)19(12)13-9-11(13)3/h4-6,10-11,13H,7-9H2,1-3H3. The number of halogens is 1. The molecule has 1 aromatic carbocycles. The third-order valence-electron chi connectivity index (χ3n) is 3.84. The number of aromatic nitrogens is 2. The highest BCUT2D eigenvalue weighted by molar-refractivity contribution is 6.17. The van der Waals surface area contributed by atoms with E-state index in [0.29, 0.717) is 11.9 Å². The number of aryl methyl sites for hydroxylation is 1. The van der Waals surface area contributed by atoms with Gasteiger partial charge in [-0.1, -0.05) is 13.0 Å². The summed E-state index contributed by atoms with van der Waals surface area (Å²) in [7, 11) is 0. The van der Waals surface area contributed by atoms with Crippen molar-refractivity contribution in [2.24, 2.45) is 5.92 Å². The summed E-state index contributed by atoms with van der Waals surface area (Å²) in [6.45, 7) is 6.37. The average Bonchev–Trinajstić information content (AvgIpc) is 2.98. The van der Waals surface area contributed by atoms with Crippen molar-refractivity contribution in [3.05, 3.63) is 24.0 Å². The summed E-state index contributed by atoms with van der Waals surface area (Å²) >= 11 is 5.94. The van der Waals surface area contributed by atoms with Crippen molar-refractivity contribution in [2.45, 2.75) is 45.8 Å². The van der Waals surface area contributed by atoms with E-state index in [1.54, 1.807) is 0 Å². The van der Waals surface area contributed by atoms with E-state index in [0.717, 1.165) is 29.4 Å². The van der Waals surface area contributed by atoms with Gasteiger partial charge < -0.3 is 9.30 Å². The van der Waals surface area contributed by atoms with E-state index in [4.69, 9.17) is 21.3 Å². The summed E-state index contributed by atoms with van der Waals surface area (Å²) in [4.78, 5) is 4.80. The Kier molecular flexibility index (Phi) is 3.63. The summed E-state index contributed by atoms with van der Waals surface area (Å²) in [5.41, 5.74) is 2.15. The Morgan fingerprint density at radius 3 is 2.80 bits per heavy atom. The van der Waals surface area contributed by atoms with Gasteiger partial charge in [0, 0.05) is 18.3 Å². The van der Waals surface area contributed by atoms with Crippen LogP contribution in [0.3, 0.4) is 0 Å². The lowest BCUT2D eigenvalue weighted by Gasteiger charge is -2.10. The molecule has 0 amide bonds. The van der Waals surface area contributed by atoms with Crippen molar-refractivity contribution in [3.63, 3.8) is 0 Å². The highest BCUT2D eigenvalue weighted by Gasteiger charge is 2.37. The SMILES string of the molecule is CC(C)Oc1cccc2c1nc(CCCl)n2C1CC1C. The molecule has 1 saturated carbocycles. The van der Waals surface area contributed by atoms with Crippen LogP contribution in [0.15, 0.2) is 18.2 Å². The largest absolute Gasteiger partial charge is 0.489 e. The molecule has 1 aliphatic rings. The number of ether oxygens (including phenoxy) is 1. The Balaban J connectivity index is 2.12. The van der Waals surface area contributed by atoms with Gasteiger partial charge in [0.2, 0.25) is 0 Å². The third kappa shape index (κ3) is 2.39. The molecule has 2 atom stereocenters. The fraction of sp³-hybridized carbons (Fsp3) is 0.562. The minimum absolute atomic E-state index is 0.155. The molecule has 0 N–H and O–H groups in total. The molecule has 20 heavy (non-hydrogen) atoms. The first-order valence-corrected chi connectivity index (χ1v) is 7.87. The minimum atomic E-state index is 0.155. The zero-order valence-corrected chi connectivity index (χ0v) is 13.0. The van der Waals surface area contributed by atoms with Crippen LogP contribution in [-0.2, 0) is 6.42 Å². The van der Waals surface area contributed by atoms with Crippen LogP contribution in [0.4, 0.5) is 0 Å². The van der Waals surface area contributed by atoms with Crippen LogP contribution >= 0.6 is 11.6 Å². The molecule has 0 radical (unpaired) electrons. The quantitative estimate of drug-likeness (QED) is 0.773. The molecule has 1 aromatic heterocycles. The predicted octanol–water partition coefficient (Wildman–Crippen LogP) is 4.19. The molecular weight excluding hydrogens is 272 g/mol. The number of benzene rings is 1. The van der Waals surface area contributed by atoms with Crippen molar-refractivity contribution in [1.82, 2.24) is 9.55 Å². The van der Waals surface area contributed by atoms with Crippen LogP contribution in [0, 0.1) is 5.92 Å². The summed E-state index contributed by atoms with van der Waals surface area (Å²) in [6.07, 6.45) is 2.19. The molecule has 0 spiro atoms. The van der Waals surface area contributed by atoms with Crippen molar-refractivity contribution >= 4 is 22.6 Å². The van der Waals surface area contributed by atoms with Crippen molar-refractivity contribution in [2.75, 3.05) is 5.88 Å². The lowest BCUT2D eigenvalue weighted by molar-refractivity contribution is 0.245. The van der Waals surface area contributed by atoms with Gasteiger partial charge in [-0.2, -0.15) is 0 Å². The maximum atomic E-state index is 5.94. The van der Waals surface area contributed by atoms with Crippen molar-refractivity contribution in [1.29, 1.82) is 0 Å². The molecule has 1 heterocycles. The Hall–Kier alpha value is -1.22. The number of hydrogen-bond acceptors (Lipinski definition) is 2. The average molecular weight is 293 g/mol. The second-order valence-corrected chi connectivity index (χ2v) is 6.29. The zero-order valence-electron chi connectivity index (χ0n) is 12.3. The van der Waals surface area contributed by atoms with Crippen LogP contribution in [0.2, 0.25) is 0 Å². The topological polar surface area (TPSA) is 27.1 Å². The van der Waals surface area contributed by atoms with E-state index in [2.05, 4.69) is 23.6 Å². The summed E-state index contributed by atoms with van der Waals surface area (Å²) in [5, 5.41) is 0. The molecule has 0 saturated heterocycles. The summed E-state index contributed by atoms with van der Waals surface area (Å²) < 4.78 is 8.26. The van der Waals surface area contributed by atoms with Crippen LogP contribution in [-0.4, -0.2) is 21.5 Å². The molecular formula is C16H21ClN2O. The fourth-order valence-electron chi connectivity index (χ4n) is 2.78. The predicted molar refractivity (Wildman–Crippen MR) is 82.7 cm³/mol. The second kappa shape index (κ2) is 5.28. The molecule has 108 valence electrons. The number of rotatable bonds is 5. The molecule has 2 unspecified atom stereocenters. The van der Waals surface area contributed by atoms with E-state index < -0.39 is 0 Å². The van der Waals surface area contributed by atoms with Crippen LogP contribution in [0.25, 0.3) is 11.0 Å². The van der Waals surface area contributed by atoms with E-state index >= 15 is 0 Å². The zero-order chi connectivity index (χ0) is 14.3. The monoisotopic (exact) mass is 292 g/mol. The van der Waals surface area contributed by atoms with Gasteiger partial charge in [0.25, 0.3) is 0 Å². The van der Waals surface area contributed by atoms with Gasteiger partial charge >= 0.3 is 0 Å². The Bertz CT molecular complexity index is 620. The number of alkyl halides is 1. The number of nitrogens with zero attached hydrogens (tertiary/aromatic N) is 2. The first-order valence-electron chi connectivity index (χ1n) is 7.34. The lowest BCUT2D eigenvalue weighted by Crippen LogP contribution is -2.05. The minimum Gasteiger partial charge on any atom is -0.489 e. The first kappa shape index (κ1) is 13.7. The maximum absolute atomic E-state index is 5.94. The fourth-order valence-corrected chi connectivity index (χ4v) is 2.95. The van der Waals surface area contributed by atoms with Crippen LogP contribution in [0.5, 0.6) is 5.75 Å². The molecule has 0 aliphatic heterocycles. The molecule has 2 aromatic rings. The Labute approximate surface area is 124 Å². The molecule has 1 aliphatic carbocycles. The van der Waals surface area contributed by atoms with Crippen molar-refractivity contribution < 1.29 is 4.74 Å². The van der Waals surface area contributed by atoms with E-state index in [1.807, 2.05) is 19.9 Å². The number of fused-ring (bicyclic) bond motifs is 1. The van der Waals surface area contributed by atoms with Gasteiger partial charge in [-0.25, -0.2) is 4.98 Å². The molecule has 3 rings (SSSR count). The first-order chi connectivity index (χ1) is 9.61. The normalized spacial score (nSPS) is 21.6. The second-order valence-electron chi connectivity index (χ2n) is 5.91. The molecule has 3 nitrogen and oxygen atoms in total. The van der Waals surface area contributed by atoms with Gasteiger partial charge in [-0.3, -0.25) is 0 Å². The molecule has 0 bridgehead atoms. The third-order valence-corrected chi connectivity index (χ3v) is 4.02. The number of para-hydroxylation sites is 1. The van der Waals surface area contributed by atoms with E-state index in [-0.39, 0.29) is 6.10 Å². The van der Waals surface area contributed by atoms with E-state index in [9.17, 15) is 0 Å². The number of hydrogen-bond donors (Lipinski definition) is 0. The Morgan fingerprint density at radius 2 is 2.20 bits per heavy atom. The highest BCUT2D eigenvalue weighted by atomic mass is 35.5. The lowest BCUT2D eigenvalue weighted by atomic mass is 10.3. The smallest absolute Gasteiger partial charge is 0.147 e. The summed E-state index contributed by atoms with van der Waals surface area (Å²) in [5.74, 6) is 3.30. The van der Waals surface area contributed by atoms with E-state index in [1.165, 1.54) is 11.9 Å². The van der Waals surface area contributed by atoms with Crippen LogP contribution < -0.4 is 4.74 Å². The molecule has 4 heteroatoms. The highest BCUT2D eigenvalue weighted by Crippen LogP contribution is 2.46. The Morgan fingerprint density at radius 1 is 1.45 bits per heavy atom. The molecule has 1 fully saturated rings. The van der Waals surface area contributed by atoms with Gasteiger partial charge in [0.1, 0.15) is 17.1 Å². The van der Waals surface area contributed by atoms with Crippen molar-refractivity contribution in [3.8, 4) is 5.75 Å². The number of imidazole rings is 1. The van der Waals surface area contributed by atoms with Gasteiger partial charge in [-0.15, -0.1) is 11.6 Å².